The number of anilines is 2. The van der Waals surface area contributed by atoms with Crippen LogP contribution >= 0.6 is 15.9 Å². The molecule has 1 aromatic heterocycles. The molecule has 230 valence electrons. The fraction of sp³-hybridized carbons (Fsp3) is 0.467. The Hall–Kier alpha value is -2.97. The first-order chi connectivity index (χ1) is 20.3. The Morgan fingerprint density at radius 2 is 2.05 bits per heavy atom. The third-order valence-electron chi connectivity index (χ3n) is 8.43. The molecule has 3 N–H and O–H groups in total. The van der Waals surface area contributed by atoms with Crippen molar-refractivity contribution < 1.29 is 28.6 Å². The lowest BCUT2D eigenvalue weighted by Gasteiger charge is -2.31. The molecule has 0 unspecified atom stereocenters. The lowest BCUT2D eigenvalue weighted by atomic mass is 9.82. The number of nitrogens with zero attached hydrogens (tertiary/aromatic N) is 4. The summed E-state index contributed by atoms with van der Waals surface area (Å²) >= 11 is 3.56. The van der Waals surface area contributed by atoms with Gasteiger partial charge in [0.2, 0.25) is 8.41 Å². The first-order valence-corrected chi connectivity index (χ1v) is 18.2. The van der Waals surface area contributed by atoms with Crippen molar-refractivity contribution in [2.24, 2.45) is 5.92 Å². The number of fused-ring (bicyclic) bond motifs is 2. The number of hydrogen-bond acceptors (Lipinski definition) is 7. The largest absolute Gasteiger partial charge is 0.396 e. The van der Waals surface area contributed by atoms with Crippen LogP contribution < -0.4 is 10.2 Å². The molecule has 0 radical (unpaired) electrons. The first-order valence-electron chi connectivity index (χ1n) is 14.4. The zero-order valence-electron chi connectivity index (χ0n) is 24.6. The highest BCUT2D eigenvalue weighted by molar-refractivity contribution is 9.10. The Morgan fingerprint density at radius 3 is 2.74 bits per heavy atom. The number of aliphatic hydroxyl groups excluding tert-OH is 2. The van der Waals surface area contributed by atoms with E-state index < -0.39 is 43.6 Å². The van der Waals surface area contributed by atoms with Crippen LogP contribution in [-0.4, -0.2) is 64.2 Å². The Balaban J connectivity index is 1.47. The SMILES string of the molecule is C[C@H](O)C(=O)Nc1cccc(CN2C(=O)[C@]3(O[C@H](CCn4cc(CCO)nn4)[C@@H]([Si](C)(C)F)[C@@H]3C)c3cc(Br)ccc32)c1. The number of halogens is 2. The van der Waals surface area contributed by atoms with Crippen LogP contribution in [0.15, 0.2) is 53.1 Å². The van der Waals surface area contributed by atoms with E-state index in [9.17, 15) is 19.8 Å². The molecule has 3 heterocycles. The molecule has 3 aromatic rings. The molecule has 2 aromatic carbocycles. The molecule has 0 aliphatic carbocycles. The maximum absolute atomic E-state index is 16.1. The maximum Gasteiger partial charge on any atom is 0.264 e. The Kier molecular flexibility index (Phi) is 8.92. The van der Waals surface area contributed by atoms with Crippen LogP contribution in [0.5, 0.6) is 0 Å². The molecule has 2 amide bonds. The van der Waals surface area contributed by atoms with Gasteiger partial charge in [-0.25, -0.2) is 0 Å². The molecule has 2 aliphatic heterocycles. The van der Waals surface area contributed by atoms with Gasteiger partial charge in [-0.15, -0.1) is 5.10 Å². The molecule has 2 aliphatic rings. The maximum atomic E-state index is 16.1. The summed E-state index contributed by atoms with van der Waals surface area (Å²) < 4.78 is 25.4. The number of aromatic nitrogens is 3. The molecule has 43 heavy (non-hydrogen) atoms. The van der Waals surface area contributed by atoms with E-state index >= 15 is 4.11 Å². The van der Waals surface area contributed by atoms with Gasteiger partial charge in [0.1, 0.15) is 6.10 Å². The second kappa shape index (κ2) is 12.2. The van der Waals surface area contributed by atoms with Crippen molar-refractivity contribution >= 4 is 47.5 Å². The quantitative estimate of drug-likeness (QED) is 0.216. The second-order valence-corrected chi connectivity index (χ2v) is 16.6. The van der Waals surface area contributed by atoms with Gasteiger partial charge in [0.05, 0.1) is 24.0 Å². The van der Waals surface area contributed by atoms with E-state index in [2.05, 4.69) is 31.6 Å². The van der Waals surface area contributed by atoms with Crippen LogP contribution in [0, 0.1) is 5.92 Å². The van der Waals surface area contributed by atoms with Crippen molar-refractivity contribution in [2.45, 2.75) is 76.2 Å². The van der Waals surface area contributed by atoms with E-state index in [1.165, 1.54) is 6.92 Å². The summed E-state index contributed by atoms with van der Waals surface area (Å²) in [7, 11) is -3.33. The number of ether oxygens (including phenoxy) is 1. The predicted octanol–water partition coefficient (Wildman–Crippen LogP) is 4.31. The number of benzene rings is 2. The number of aryl methyl sites for hydroxylation is 1. The number of nitrogens with one attached hydrogen (secondary N) is 1. The van der Waals surface area contributed by atoms with Crippen molar-refractivity contribution in [3.8, 4) is 0 Å². The number of carbonyl (C=O) groups excluding carboxylic acids is 2. The lowest BCUT2D eigenvalue weighted by molar-refractivity contribution is -0.146. The Morgan fingerprint density at radius 1 is 1.28 bits per heavy atom. The number of aliphatic hydroxyl groups is 2. The summed E-state index contributed by atoms with van der Waals surface area (Å²) in [5, 5.41) is 29.7. The highest BCUT2D eigenvalue weighted by atomic mass is 79.9. The van der Waals surface area contributed by atoms with Gasteiger partial charge in [-0.2, -0.15) is 0 Å². The van der Waals surface area contributed by atoms with E-state index in [4.69, 9.17) is 4.74 Å². The van der Waals surface area contributed by atoms with Crippen molar-refractivity contribution in [3.05, 3.63) is 70.0 Å². The van der Waals surface area contributed by atoms with Gasteiger partial charge >= 0.3 is 0 Å². The smallest absolute Gasteiger partial charge is 0.264 e. The molecule has 5 rings (SSSR count). The molecular weight excluding hydrogens is 637 g/mol. The van der Waals surface area contributed by atoms with Crippen LogP contribution in [-0.2, 0) is 39.4 Å². The van der Waals surface area contributed by atoms with Crippen molar-refractivity contribution in [2.75, 3.05) is 16.8 Å². The van der Waals surface area contributed by atoms with Gasteiger partial charge in [-0.3, -0.25) is 14.3 Å². The van der Waals surface area contributed by atoms with Gasteiger partial charge in [0, 0.05) is 53.0 Å². The number of rotatable bonds is 10. The highest BCUT2D eigenvalue weighted by Gasteiger charge is 2.66. The molecule has 0 bridgehead atoms. The number of carbonyl (C=O) groups is 2. The van der Waals surface area contributed by atoms with Crippen molar-refractivity contribution in [1.29, 1.82) is 0 Å². The number of hydrogen-bond donors (Lipinski definition) is 3. The van der Waals surface area contributed by atoms with Crippen LogP contribution in [0.3, 0.4) is 0 Å². The molecule has 10 nitrogen and oxygen atoms in total. The van der Waals surface area contributed by atoms with E-state index in [0.29, 0.717) is 42.0 Å². The summed E-state index contributed by atoms with van der Waals surface area (Å²) in [6, 6.07) is 12.8. The fourth-order valence-corrected chi connectivity index (χ4v) is 9.46. The minimum Gasteiger partial charge on any atom is -0.396 e. The van der Waals surface area contributed by atoms with Crippen LogP contribution in [0.4, 0.5) is 15.5 Å². The molecule has 1 saturated heterocycles. The summed E-state index contributed by atoms with van der Waals surface area (Å²) in [4.78, 5) is 28.3. The van der Waals surface area contributed by atoms with Crippen LogP contribution in [0.1, 0.15) is 37.1 Å². The van der Waals surface area contributed by atoms with Gasteiger partial charge in [0.25, 0.3) is 11.8 Å². The van der Waals surface area contributed by atoms with Crippen LogP contribution in [0.25, 0.3) is 0 Å². The average molecular weight is 675 g/mol. The third-order valence-corrected chi connectivity index (χ3v) is 11.4. The topological polar surface area (TPSA) is 130 Å². The monoisotopic (exact) mass is 673 g/mol. The average Bonchev–Trinajstić information content (AvgIpc) is 3.58. The van der Waals surface area contributed by atoms with E-state index in [1.807, 2.05) is 31.2 Å². The van der Waals surface area contributed by atoms with Crippen molar-refractivity contribution in [1.82, 2.24) is 15.0 Å². The highest BCUT2D eigenvalue weighted by Crippen LogP contribution is 2.60. The van der Waals surface area contributed by atoms with E-state index in [1.54, 1.807) is 47.1 Å². The van der Waals surface area contributed by atoms with E-state index in [-0.39, 0.29) is 19.1 Å². The summed E-state index contributed by atoms with van der Waals surface area (Å²) in [6.07, 6.45) is 0.928. The summed E-state index contributed by atoms with van der Waals surface area (Å²) in [5.41, 5.74) is 1.52. The molecule has 1 spiro atoms. The standard InChI is InChI=1S/C30H37BrFN5O5Si/c1-18-27(43(3,4)32)26(10-12-36-17-23(11-13-38)34-35-36)42-30(18)24-15-21(31)8-9-25(24)37(29(30)41)16-20-6-5-7-22(14-20)33-28(40)19(2)39/h5-9,14-15,17-19,26-27,38-39H,10-13,16H2,1-4H3,(H,33,40)/t18-,19-,26+,27-,30+/m0/s1. The zero-order valence-corrected chi connectivity index (χ0v) is 27.2. The minimum atomic E-state index is -3.33. The Bertz CT molecular complexity index is 1510. The van der Waals surface area contributed by atoms with Gasteiger partial charge < -0.3 is 29.3 Å². The molecular formula is C30H37BrFN5O5Si. The second-order valence-electron chi connectivity index (χ2n) is 11.9. The first kappa shape index (κ1) is 31.5. The predicted molar refractivity (Wildman–Crippen MR) is 166 cm³/mol. The number of amides is 2. The van der Waals surface area contributed by atoms with Gasteiger partial charge in [-0.05, 0) is 62.3 Å². The normalized spacial score (nSPS) is 24.0. The zero-order chi connectivity index (χ0) is 31.1. The summed E-state index contributed by atoms with van der Waals surface area (Å²) in [6.45, 7) is 7.27. The Labute approximate surface area is 259 Å². The molecule has 5 atom stereocenters. The molecule has 1 fully saturated rings. The van der Waals surface area contributed by atoms with E-state index in [0.717, 1.165) is 10.0 Å². The fourth-order valence-electron chi connectivity index (χ4n) is 6.56. The minimum absolute atomic E-state index is 0.0252. The molecule has 13 heteroatoms. The van der Waals surface area contributed by atoms with Crippen LogP contribution in [0.2, 0.25) is 18.6 Å². The molecule has 0 saturated carbocycles. The van der Waals surface area contributed by atoms with Gasteiger partial charge in [0.15, 0.2) is 5.60 Å². The van der Waals surface area contributed by atoms with Crippen molar-refractivity contribution in [3.63, 3.8) is 0 Å². The third kappa shape index (κ3) is 6.05. The summed E-state index contributed by atoms with van der Waals surface area (Å²) in [5.74, 6) is -1.21. The lowest BCUT2D eigenvalue weighted by Crippen LogP contribution is -2.45. The van der Waals surface area contributed by atoms with Gasteiger partial charge in [-0.1, -0.05) is 40.2 Å².